The number of hydrogen-bond acceptors (Lipinski definition) is 2. The maximum Gasteiger partial charge on any atom is 0.401 e. The molecule has 1 aliphatic carbocycles. The van der Waals surface area contributed by atoms with Gasteiger partial charge in [-0.3, -0.25) is 9.89 Å². The van der Waals surface area contributed by atoms with E-state index in [9.17, 15) is 13.2 Å². The molecule has 0 radical (unpaired) electrons. The second kappa shape index (κ2) is 6.85. The average molecular weight is 306 g/mol. The standard InChI is InChI=1S/C14H25F3N4/c1-3-18-13(20-12-6-10(12)2)19-7-11-4-5-21(8-11)9-14(15,16)17/h10-12H,3-9H2,1-2H3,(H2,18,19,20). The van der Waals surface area contributed by atoms with E-state index in [0.29, 0.717) is 31.6 Å². The average Bonchev–Trinajstić information content (AvgIpc) is 2.87. The fraction of sp³-hybridized carbons (Fsp3) is 0.929. The summed E-state index contributed by atoms with van der Waals surface area (Å²) >= 11 is 0. The van der Waals surface area contributed by atoms with Crippen molar-refractivity contribution in [2.45, 2.75) is 38.9 Å². The Labute approximate surface area is 124 Å². The lowest BCUT2D eigenvalue weighted by Gasteiger charge is -2.17. The lowest BCUT2D eigenvalue weighted by molar-refractivity contribution is -0.143. The van der Waals surface area contributed by atoms with Crippen molar-refractivity contribution in [2.75, 3.05) is 32.7 Å². The van der Waals surface area contributed by atoms with Gasteiger partial charge in [0.1, 0.15) is 0 Å². The summed E-state index contributed by atoms with van der Waals surface area (Å²) in [4.78, 5) is 6.00. The highest BCUT2D eigenvalue weighted by Crippen LogP contribution is 2.28. The van der Waals surface area contributed by atoms with Gasteiger partial charge in [0.25, 0.3) is 0 Å². The van der Waals surface area contributed by atoms with Gasteiger partial charge in [-0.15, -0.1) is 0 Å². The van der Waals surface area contributed by atoms with Crippen molar-refractivity contribution in [3.63, 3.8) is 0 Å². The first-order valence-corrected chi connectivity index (χ1v) is 7.71. The largest absolute Gasteiger partial charge is 0.401 e. The Morgan fingerprint density at radius 3 is 2.67 bits per heavy atom. The molecule has 1 saturated carbocycles. The van der Waals surface area contributed by atoms with Crippen LogP contribution in [0.5, 0.6) is 0 Å². The van der Waals surface area contributed by atoms with Crippen molar-refractivity contribution >= 4 is 5.96 Å². The van der Waals surface area contributed by atoms with Crippen LogP contribution in [0.15, 0.2) is 4.99 Å². The quantitative estimate of drug-likeness (QED) is 0.601. The van der Waals surface area contributed by atoms with E-state index in [1.807, 2.05) is 6.92 Å². The Morgan fingerprint density at radius 1 is 1.38 bits per heavy atom. The number of nitrogens with one attached hydrogen (secondary N) is 2. The van der Waals surface area contributed by atoms with Crippen LogP contribution in [0.4, 0.5) is 13.2 Å². The van der Waals surface area contributed by atoms with E-state index < -0.39 is 12.7 Å². The third-order valence-electron chi connectivity index (χ3n) is 4.06. The summed E-state index contributed by atoms with van der Waals surface area (Å²) in [5, 5.41) is 6.55. The molecule has 122 valence electrons. The van der Waals surface area contributed by atoms with Crippen LogP contribution < -0.4 is 10.6 Å². The van der Waals surface area contributed by atoms with E-state index in [-0.39, 0.29) is 5.92 Å². The maximum atomic E-state index is 12.3. The highest BCUT2D eigenvalue weighted by molar-refractivity contribution is 5.80. The van der Waals surface area contributed by atoms with E-state index in [4.69, 9.17) is 0 Å². The summed E-state index contributed by atoms with van der Waals surface area (Å²) in [7, 11) is 0. The maximum absolute atomic E-state index is 12.3. The summed E-state index contributed by atoms with van der Waals surface area (Å²) in [6, 6.07) is 0.494. The minimum Gasteiger partial charge on any atom is -0.357 e. The van der Waals surface area contributed by atoms with E-state index >= 15 is 0 Å². The zero-order chi connectivity index (χ0) is 15.5. The second-order valence-corrected chi connectivity index (χ2v) is 6.19. The van der Waals surface area contributed by atoms with Crippen molar-refractivity contribution in [3.8, 4) is 0 Å². The van der Waals surface area contributed by atoms with Gasteiger partial charge in [-0.1, -0.05) is 6.92 Å². The zero-order valence-electron chi connectivity index (χ0n) is 12.7. The van der Waals surface area contributed by atoms with Crippen LogP contribution in [-0.2, 0) is 0 Å². The number of aliphatic imine (C=N–C) groups is 1. The molecule has 3 atom stereocenters. The fourth-order valence-electron chi connectivity index (χ4n) is 2.70. The molecule has 0 spiro atoms. The van der Waals surface area contributed by atoms with Gasteiger partial charge in [0.15, 0.2) is 5.96 Å². The molecule has 1 heterocycles. The van der Waals surface area contributed by atoms with Crippen molar-refractivity contribution in [3.05, 3.63) is 0 Å². The Bertz CT molecular complexity index is 370. The molecular formula is C14H25F3N4. The third kappa shape index (κ3) is 5.73. The van der Waals surface area contributed by atoms with Gasteiger partial charge < -0.3 is 10.6 Å². The Hall–Kier alpha value is -0.980. The molecule has 2 aliphatic rings. The third-order valence-corrected chi connectivity index (χ3v) is 4.06. The minimum absolute atomic E-state index is 0.222. The first kappa shape index (κ1) is 16.4. The van der Waals surface area contributed by atoms with E-state index in [1.165, 1.54) is 4.90 Å². The van der Waals surface area contributed by atoms with Crippen molar-refractivity contribution < 1.29 is 13.2 Å². The van der Waals surface area contributed by atoms with Gasteiger partial charge in [0.2, 0.25) is 0 Å². The number of nitrogens with zero attached hydrogens (tertiary/aromatic N) is 2. The monoisotopic (exact) mass is 306 g/mol. The van der Waals surface area contributed by atoms with Crippen molar-refractivity contribution in [2.24, 2.45) is 16.8 Å². The highest BCUT2D eigenvalue weighted by Gasteiger charge is 2.35. The van der Waals surface area contributed by atoms with Crippen molar-refractivity contribution in [1.29, 1.82) is 0 Å². The second-order valence-electron chi connectivity index (χ2n) is 6.19. The highest BCUT2D eigenvalue weighted by atomic mass is 19.4. The molecule has 2 N–H and O–H groups in total. The number of hydrogen-bond donors (Lipinski definition) is 2. The summed E-state index contributed by atoms with van der Waals surface area (Å²) in [5.41, 5.74) is 0. The Balaban J connectivity index is 1.76. The van der Waals surface area contributed by atoms with Crippen molar-refractivity contribution in [1.82, 2.24) is 15.5 Å². The molecule has 0 amide bonds. The molecule has 2 rings (SSSR count). The molecule has 0 bridgehead atoms. The molecule has 0 aromatic heterocycles. The molecule has 7 heteroatoms. The molecule has 1 saturated heterocycles. The molecule has 3 unspecified atom stereocenters. The Kier molecular flexibility index (Phi) is 5.35. The minimum atomic E-state index is -4.10. The van der Waals surface area contributed by atoms with Gasteiger partial charge in [-0.2, -0.15) is 13.2 Å². The van der Waals surface area contributed by atoms with Gasteiger partial charge >= 0.3 is 6.18 Å². The number of guanidine groups is 1. The molecular weight excluding hydrogens is 281 g/mol. The summed E-state index contributed by atoms with van der Waals surface area (Å²) in [6.45, 7) is 5.78. The molecule has 0 aromatic carbocycles. The van der Waals surface area contributed by atoms with Crippen LogP contribution in [-0.4, -0.2) is 55.8 Å². The first-order valence-electron chi connectivity index (χ1n) is 7.71. The van der Waals surface area contributed by atoms with E-state index in [1.54, 1.807) is 0 Å². The summed E-state index contributed by atoms with van der Waals surface area (Å²) < 4.78 is 37.0. The number of likely N-dealkylation sites (tertiary alicyclic amines) is 1. The van der Waals surface area contributed by atoms with Crippen LogP contribution in [0, 0.1) is 11.8 Å². The van der Waals surface area contributed by atoms with Crippen LogP contribution in [0.25, 0.3) is 0 Å². The number of rotatable bonds is 5. The SMILES string of the molecule is CCNC(=NCC1CCN(CC(F)(F)F)C1)NC1CC1C. The van der Waals surface area contributed by atoms with Gasteiger partial charge in [0, 0.05) is 25.7 Å². The number of halogens is 3. The molecule has 21 heavy (non-hydrogen) atoms. The lowest BCUT2D eigenvalue weighted by Crippen LogP contribution is -2.39. The fourth-order valence-corrected chi connectivity index (χ4v) is 2.70. The van der Waals surface area contributed by atoms with Crippen LogP contribution in [0.1, 0.15) is 26.7 Å². The molecule has 1 aliphatic heterocycles. The van der Waals surface area contributed by atoms with E-state index in [2.05, 4.69) is 22.5 Å². The first-order chi connectivity index (χ1) is 9.87. The zero-order valence-corrected chi connectivity index (χ0v) is 12.7. The molecule has 2 fully saturated rings. The van der Waals surface area contributed by atoms with Crippen LogP contribution in [0.3, 0.4) is 0 Å². The normalized spacial score (nSPS) is 30.5. The topological polar surface area (TPSA) is 39.7 Å². The van der Waals surface area contributed by atoms with E-state index in [0.717, 1.165) is 25.3 Å². The predicted octanol–water partition coefficient (Wildman–Crippen LogP) is 1.83. The Morgan fingerprint density at radius 2 is 2.10 bits per heavy atom. The predicted molar refractivity (Wildman–Crippen MR) is 77.3 cm³/mol. The molecule has 0 aromatic rings. The summed E-state index contributed by atoms with van der Waals surface area (Å²) in [6.07, 6.45) is -2.15. The lowest BCUT2D eigenvalue weighted by atomic mass is 10.1. The van der Waals surface area contributed by atoms with Gasteiger partial charge in [0.05, 0.1) is 6.54 Å². The van der Waals surface area contributed by atoms with Gasteiger partial charge in [-0.05, 0) is 38.1 Å². The van der Waals surface area contributed by atoms with Crippen LogP contribution >= 0.6 is 0 Å². The van der Waals surface area contributed by atoms with Crippen LogP contribution in [0.2, 0.25) is 0 Å². The summed E-state index contributed by atoms with van der Waals surface area (Å²) in [5.74, 6) is 1.70. The smallest absolute Gasteiger partial charge is 0.357 e. The van der Waals surface area contributed by atoms with Gasteiger partial charge in [-0.25, -0.2) is 0 Å². The molecule has 4 nitrogen and oxygen atoms in total. The number of alkyl halides is 3.